The summed E-state index contributed by atoms with van der Waals surface area (Å²) < 4.78 is 32.5. The van der Waals surface area contributed by atoms with Crippen molar-refractivity contribution in [1.29, 1.82) is 0 Å². The highest BCUT2D eigenvalue weighted by Crippen LogP contribution is 2.25. The molecule has 1 heterocycles. The van der Waals surface area contributed by atoms with E-state index in [0.717, 1.165) is 5.69 Å². The Labute approximate surface area is 180 Å². The molecule has 2 aromatic carbocycles. The Bertz CT molecular complexity index is 1000. The van der Waals surface area contributed by atoms with E-state index < -0.39 is 16.0 Å². The number of esters is 1. The number of piperazine rings is 1. The fourth-order valence-electron chi connectivity index (χ4n) is 3.02. The summed E-state index contributed by atoms with van der Waals surface area (Å²) in [5.74, 6) is -0.761. The van der Waals surface area contributed by atoms with Gasteiger partial charge in [-0.3, -0.25) is 0 Å². The fourth-order valence-corrected chi connectivity index (χ4v) is 4.72. The largest absolute Gasteiger partial charge is 0.456 e. The second kappa shape index (κ2) is 9.17. The van der Waals surface area contributed by atoms with Crippen molar-refractivity contribution in [2.45, 2.75) is 4.90 Å². The van der Waals surface area contributed by atoms with Gasteiger partial charge in [-0.15, -0.1) is 0 Å². The fraction of sp³-hybridized carbons (Fsp3) is 0.250. The van der Waals surface area contributed by atoms with Gasteiger partial charge >= 0.3 is 5.97 Å². The number of hydrogen-bond donors (Lipinski definition) is 0. The summed E-state index contributed by atoms with van der Waals surface area (Å²) in [6, 6.07) is 13.8. The first-order valence-corrected chi connectivity index (χ1v) is 11.1. The SMILES string of the molecule is C=C(Cl)COC(=O)c1cc(S(=O)(=O)N2CCN(c3ccccc3)CC2)ccc1Cl. The molecular weight excluding hydrogens is 435 g/mol. The molecule has 0 atom stereocenters. The zero-order chi connectivity index (χ0) is 21.0. The number of benzene rings is 2. The summed E-state index contributed by atoms with van der Waals surface area (Å²) in [5, 5.41) is 0.248. The summed E-state index contributed by atoms with van der Waals surface area (Å²) in [6.07, 6.45) is 0. The smallest absolute Gasteiger partial charge is 0.340 e. The van der Waals surface area contributed by atoms with Crippen molar-refractivity contribution in [3.8, 4) is 0 Å². The molecule has 9 heteroatoms. The lowest BCUT2D eigenvalue weighted by atomic mass is 10.2. The number of carbonyl (C=O) groups excluding carboxylic acids is 1. The van der Waals surface area contributed by atoms with Gasteiger partial charge in [-0.2, -0.15) is 4.31 Å². The van der Waals surface area contributed by atoms with E-state index in [1.165, 1.54) is 22.5 Å². The molecule has 0 aromatic heterocycles. The van der Waals surface area contributed by atoms with E-state index in [-0.39, 0.29) is 27.1 Å². The minimum atomic E-state index is -3.78. The lowest BCUT2D eigenvalue weighted by Gasteiger charge is -2.35. The molecule has 3 rings (SSSR count). The Morgan fingerprint density at radius 3 is 2.34 bits per heavy atom. The Morgan fingerprint density at radius 1 is 1.07 bits per heavy atom. The van der Waals surface area contributed by atoms with Crippen molar-refractivity contribution < 1.29 is 17.9 Å². The zero-order valence-electron chi connectivity index (χ0n) is 15.6. The van der Waals surface area contributed by atoms with Crippen LogP contribution >= 0.6 is 23.2 Å². The van der Waals surface area contributed by atoms with E-state index in [1.54, 1.807) is 0 Å². The molecule has 0 bridgehead atoms. The van der Waals surface area contributed by atoms with Gasteiger partial charge in [0, 0.05) is 36.9 Å². The molecule has 0 aliphatic carbocycles. The van der Waals surface area contributed by atoms with Crippen molar-refractivity contribution in [3.63, 3.8) is 0 Å². The summed E-state index contributed by atoms with van der Waals surface area (Å²) in [6.45, 7) is 5.08. The van der Waals surface area contributed by atoms with Crippen LogP contribution in [-0.4, -0.2) is 51.5 Å². The number of nitrogens with zero attached hydrogens (tertiary/aromatic N) is 2. The number of hydrogen-bond acceptors (Lipinski definition) is 5. The van der Waals surface area contributed by atoms with Crippen LogP contribution in [0.2, 0.25) is 5.02 Å². The average Bonchev–Trinajstić information content (AvgIpc) is 2.73. The molecule has 1 aliphatic rings. The molecule has 0 N–H and O–H groups in total. The van der Waals surface area contributed by atoms with Crippen LogP contribution in [0.5, 0.6) is 0 Å². The summed E-state index contributed by atoms with van der Waals surface area (Å²) in [7, 11) is -3.78. The molecule has 0 saturated carbocycles. The number of sulfonamides is 1. The molecule has 0 unspecified atom stereocenters. The number of halogens is 2. The molecule has 2 aromatic rings. The Balaban J connectivity index is 1.75. The van der Waals surface area contributed by atoms with Crippen LogP contribution in [0.15, 0.2) is 65.0 Å². The van der Waals surface area contributed by atoms with Crippen molar-refractivity contribution >= 4 is 44.9 Å². The molecule has 0 amide bonds. The maximum absolute atomic E-state index is 13.1. The van der Waals surface area contributed by atoms with E-state index >= 15 is 0 Å². The molecule has 0 spiro atoms. The molecule has 154 valence electrons. The first kappa shape index (κ1) is 21.6. The summed E-state index contributed by atoms with van der Waals surface area (Å²) >= 11 is 11.7. The summed E-state index contributed by atoms with van der Waals surface area (Å²) in [4.78, 5) is 14.3. The quantitative estimate of drug-likeness (QED) is 0.621. The lowest BCUT2D eigenvalue weighted by Crippen LogP contribution is -2.48. The van der Waals surface area contributed by atoms with Crippen LogP contribution < -0.4 is 4.90 Å². The van der Waals surface area contributed by atoms with E-state index in [2.05, 4.69) is 11.5 Å². The van der Waals surface area contributed by atoms with E-state index in [1.807, 2.05) is 30.3 Å². The number of carbonyl (C=O) groups is 1. The van der Waals surface area contributed by atoms with Crippen LogP contribution in [0.3, 0.4) is 0 Å². The number of anilines is 1. The molecular formula is C20H20Cl2N2O4S. The number of ether oxygens (including phenoxy) is 1. The van der Waals surface area contributed by atoms with Gasteiger partial charge in [-0.05, 0) is 30.3 Å². The van der Waals surface area contributed by atoms with Crippen LogP contribution in [-0.2, 0) is 14.8 Å². The molecule has 1 aliphatic heterocycles. The van der Waals surface area contributed by atoms with Crippen molar-refractivity contribution in [2.75, 3.05) is 37.7 Å². The van der Waals surface area contributed by atoms with Gasteiger partial charge in [-0.25, -0.2) is 13.2 Å². The maximum atomic E-state index is 13.1. The third-order valence-electron chi connectivity index (χ3n) is 4.52. The standard InChI is InChI=1S/C20H20Cl2N2O4S/c1-15(21)14-28-20(25)18-13-17(7-8-19(18)22)29(26,27)24-11-9-23(10-12-24)16-5-3-2-4-6-16/h2-8,13H,1,9-12,14H2. The zero-order valence-corrected chi connectivity index (χ0v) is 17.9. The molecule has 1 saturated heterocycles. The second-order valence-corrected chi connectivity index (χ2v) is 9.34. The molecule has 29 heavy (non-hydrogen) atoms. The van der Waals surface area contributed by atoms with Gasteiger partial charge in [-0.1, -0.05) is 48.0 Å². The molecule has 1 fully saturated rings. The average molecular weight is 455 g/mol. The Hall–Kier alpha value is -2.06. The van der Waals surface area contributed by atoms with E-state index in [0.29, 0.717) is 26.2 Å². The van der Waals surface area contributed by atoms with Gasteiger partial charge in [0.1, 0.15) is 6.61 Å². The van der Waals surface area contributed by atoms with Gasteiger partial charge in [0.2, 0.25) is 10.0 Å². The topological polar surface area (TPSA) is 66.9 Å². The highest BCUT2D eigenvalue weighted by molar-refractivity contribution is 7.89. The van der Waals surface area contributed by atoms with E-state index in [4.69, 9.17) is 27.9 Å². The second-order valence-electron chi connectivity index (χ2n) is 6.46. The monoisotopic (exact) mass is 454 g/mol. The maximum Gasteiger partial charge on any atom is 0.340 e. The number of rotatable bonds is 6. The van der Waals surface area contributed by atoms with Gasteiger partial charge < -0.3 is 9.64 Å². The Morgan fingerprint density at radius 2 is 1.72 bits per heavy atom. The normalized spacial score (nSPS) is 15.2. The first-order chi connectivity index (χ1) is 13.8. The van der Waals surface area contributed by atoms with Crippen LogP contribution in [0.25, 0.3) is 0 Å². The third-order valence-corrected chi connectivity index (χ3v) is 6.85. The number of para-hydroxylation sites is 1. The minimum absolute atomic E-state index is 0.00767. The van der Waals surface area contributed by atoms with Crippen LogP contribution in [0.1, 0.15) is 10.4 Å². The molecule has 0 radical (unpaired) electrons. The Kier molecular flexibility index (Phi) is 6.85. The minimum Gasteiger partial charge on any atom is -0.456 e. The highest BCUT2D eigenvalue weighted by atomic mass is 35.5. The van der Waals surface area contributed by atoms with Crippen molar-refractivity contribution in [3.05, 3.63) is 70.7 Å². The van der Waals surface area contributed by atoms with Gasteiger partial charge in [0.05, 0.1) is 15.5 Å². The highest BCUT2D eigenvalue weighted by Gasteiger charge is 2.29. The predicted octanol–water partition coefficient (Wildman–Crippen LogP) is 3.76. The third kappa shape index (κ3) is 5.11. The lowest BCUT2D eigenvalue weighted by molar-refractivity contribution is 0.0546. The van der Waals surface area contributed by atoms with Crippen LogP contribution in [0, 0.1) is 0 Å². The summed E-state index contributed by atoms with van der Waals surface area (Å²) in [5.41, 5.74) is 1.02. The van der Waals surface area contributed by atoms with Crippen molar-refractivity contribution in [1.82, 2.24) is 4.31 Å². The van der Waals surface area contributed by atoms with Gasteiger partial charge in [0.25, 0.3) is 0 Å². The van der Waals surface area contributed by atoms with Crippen LogP contribution in [0.4, 0.5) is 5.69 Å². The van der Waals surface area contributed by atoms with Gasteiger partial charge in [0.15, 0.2) is 0 Å². The predicted molar refractivity (Wildman–Crippen MR) is 114 cm³/mol. The van der Waals surface area contributed by atoms with Crippen molar-refractivity contribution in [2.24, 2.45) is 0 Å². The van der Waals surface area contributed by atoms with E-state index in [9.17, 15) is 13.2 Å². The molecule has 6 nitrogen and oxygen atoms in total. The first-order valence-electron chi connectivity index (χ1n) is 8.89.